The fourth-order valence-electron chi connectivity index (χ4n) is 1.82. The van der Waals surface area contributed by atoms with Crippen molar-refractivity contribution in [3.05, 3.63) is 23.8 Å². The van der Waals surface area contributed by atoms with E-state index >= 15 is 0 Å². The van der Waals surface area contributed by atoms with Crippen molar-refractivity contribution >= 4 is 0 Å². The van der Waals surface area contributed by atoms with Gasteiger partial charge in [0.25, 0.3) is 0 Å². The number of aliphatic hydroxyl groups is 1. The Hall–Kier alpha value is -1.22. The molecule has 0 aliphatic rings. The van der Waals surface area contributed by atoms with E-state index in [0.717, 1.165) is 23.5 Å². The summed E-state index contributed by atoms with van der Waals surface area (Å²) < 4.78 is 10.5. The first-order chi connectivity index (χ1) is 8.12. The lowest BCUT2D eigenvalue weighted by atomic mass is 9.90. The van der Waals surface area contributed by atoms with Gasteiger partial charge >= 0.3 is 0 Å². The molecule has 0 fully saturated rings. The third-order valence-corrected chi connectivity index (χ3v) is 3.12. The molecular formula is C14H22O3. The zero-order valence-electron chi connectivity index (χ0n) is 11.1. The Morgan fingerprint density at radius 1 is 1.12 bits per heavy atom. The molecule has 0 bridgehead atoms. The number of benzene rings is 1. The van der Waals surface area contributed by atoms with Crippen molar-refractivity contribution in [1.29, 1.82) is 0 Å². The first-order valence-electron chi connectivity index (χ1n) is 5.94. The topological polar surface area (TPSA) is 38.7 Å². The van der Waals surface area contributed by atoms with Crippen LogP contribution in [0.5, 0.6) is 11.5 Å². The Balaban J connectivity index is 2.85. The standard InChI is InChI=1S/C14H22O3/c1-10(2)12(9-15)7-11-5-6-13(16-3)14(8-11)17-4/h5-6,8,10,12,15H,7,9H2,1-4H3. The summed E-state index contributed by atoms with van der Waals surface area (Å²) in [7, 11) is 3.26. The third-order valence-electron chi connectivity index (χ3n) is 3.12. The van der Waals surface area contributed by atoms with Crippen LogP contribution in [0.2, 0.25) is 0 Å². The Kier molecular flexibility index (Phi) is 5.29. The molecular weight excluding hydrogens is 216 g/mol. The monoisotopic (exact) mass is 238 g/mol. The van der Waals surface area contributed by atoms with E-state index in [2.05, 4.69) is 13.8 Å². The molecule has 1 aromatic carbocycles. The second-order valence-electron chi connectivity index (χ2n) is 4.58. The highest BCUT2D eigenvalue weighted by Gasteiger charge is 2.14. The predicted octanol–water partition coefficient (Wildman–Crippen LogP) is 2.51. The number of ether oxygens (including phenoxy) is 2. The fraction of sp³-hybridized carbons (Fsp3) is 0.571. The summed E-state index contributed by atoms with van der Waals surface area (Å²) in [5, 5.41) is 9.33. The molecule has 0 aliphatic heterocycles. The molecule has 0 saturated carbocycles. The van der Waals surface area contributed by atoms with Gasteiger partial charge in [-0.3, -0.25) is 0 Å². The van der Waals surface area contributed by atoms with Gasteiger partial charge in [0.2, 0.25) is 0 Å². The van der Waals surface area contributed by atoms with E-state index in [1.165, 1.54) is 0 Å². The van der Waals surface area contributed by atoms with Gasteiger partial charge in [0.05, 0.1) is 14.2 Å². The molecule has 1 N–H and O–H groups in total. The van der Waals surface area contributed by atoms with Crippen molar-refractivity contribution in [3.8, 4) is 11.5 Å². The minimum Gasteiger partial charge on any atom is -0.493 e. The number of hydrogen-bond acceptors (Lipinski definition) is 3. The van der Waals surface area contributed by atoms with Gasteiger partial charge < -0.3 is 14.6 Å². The van der Waals surface area contributed by atoms with E-state index < -0.39 is 0 Å². The second-order valence-corrected chi connectivity index (χ2v) is 4.58. The molecule has 1 rings (SSSR count). The Labute approximate surface area is 103 Å². The van der Waals surface area contributed by atoms with E-state index in [0.29, 0.717) is 5.92 Å². The van der Waals surface area contributed by atoms with Crippen LogP contribution >= 0.6 is 0 Å². The van der Waals surface area contributed by atoms with Crippen LogP contribution < -0.4 is 9.47 Å². The van der Waals surface area contributed by atoms with Crippen LogP contribution in [0.4, 0.5) is 0 Å². The molecule has 0 spiro atoms. The maximum absolute atomic E-state index is 9.33. The molecule has 0 radical (unpaired) electrons. The Bertz CT molecular complexity index is 347. The van der Waals surface area contributed by atoms with Crippen molar-refractivity contribution < 1.29 is 14.6 Å². The van der Waals surface area contributed by atoms with E-state index in [1.54, 1.807) is 14.2 Å². The first kappa shape index (κ1) is 13.8. The quantitative estimate of drug-likeness (QED) is 0.827. The summed E-state index contributed by atoms with van der Waals surface area (Å²) in [4.78, 5) is 0. The lowest BCUT2D eigenvalue weighted by Crippen LogP contribution is -2.16. The van der Waals surface area contributed by atoms with Crippen LogP contribution in [-0.2, 0) is 6.42 Å². The van der Waals surface area contributed by atoms with Gasteiger partial charge in [0.1, 0.15) is 0 Å². The highest BCUT2D eigenvalue weighted by molar-refractivity contribution is 5.43. The van der Waals surface area contributed by atoms with E-state index in [1.807, 2.05) is 18.2 Å². The van der Waals surface area contributed by atoms with Gasteiger partial charge in [0, 0.05) is 6.61 Å². The van der Waals surface area contributed by atoms with Crippen LogP contribution in [-0.4, -0.2) is 25.9 Å². The van der Waals surface area contributed by atoms with Gasteiger partial charge in [0.15, 0.2) is 11.5 Å². The van der Waals surface area contributed by atoms with Crippen molar-refractivity contribution in [3.63, 3.8) is 0 Å². The van der Waals surface area contributed by atoms with Crippen LogP contribution in [0.1, 0.15) is 19.4 Å². The Morgan fingerprint density at radius 3 is 2.24 bits per heavy atom. The average molecular weight is 238 g/mol. The predicted molar refractivity (Wildman–Crippen MR) is 68.7 cm³/mol. The van der Waals surface area contributed by atoms with E-state index in [-0.39, 0.29) is 12.5 Å². The molecule has 0 aliphatic carbocycles. The van der Waals surface area contributed by atoms with Crippen molar-refractivity contribution in [2.24, 2.45) is 11.8 Å². The number of hydrogen-bond donors (Lipinski definition) is 1. The van der Waals surface area contributed by atoms with Crippen molar-refractivity contribution in [2.45, 2.75) is 20.3 Å². The minimum absolute atomic E-state index is 0.214. The SMILES string of the molecule is COc1ccc(CC(CO)C(C)C)cc1OC. The molecule has 3 heteroatoms. The summed E-state index contributed by atoms with van der Waals surface area (Å²) in [6.45, 7) is 4.47. The summed E-state index contributed by atoms with van der Waals surface area (Å²) in [6, 6.07) is 5.90. The molecule has 1 aromatic rings. The highest BCUT2D eigenvalue weighted by Crippen LogP contribution is 2.29. The molecule has 0 amide bonds. The number of rotatable bonds is 6. The van der Waals surface area contributed by atoms with Crippen molar-refractivity contribution in [1.82, 2.24) is 0 Å². The molecule has 3 nitrogen and oxygen atoms in total. The molecule has 0 heterocycles. The maximum Gasteiger partial charge on any atom is 0.160 e. The lowest BCUT2D eigenvalue weighted by molar-refractivity contribution is 0.189. The third kappa shape index (κ3) is 3.63. The first-order valence-corrected chi connectivity index (χ1v) is 5.94. The van der Waals surface area contributed by atoms with Gasteiger partial charge in [-0.05, 0) is 36.0 Å². The van der Waals surface area contributed by atoms with Gasteiger partial charge in [-0.1, -0.05) is 19.9 Å². The zero-order chi connectivity index (χ0) is 12.8. The summed E-state index contributed by atoms with van der Waals surface area (Å²) in [5.74, 6) is 2.23. The van der Waals surface area contributed by atoms with Crippen LogP contribution in [0, 0.1) is 11.8 Å². The largest absolute Gasteiger partial charge is 0.493 e. The van der Waals surface area contributed by atoms with Crippen LogP contribution in [0.25, 0.3) is 0 Å². The minimum atomic E-state index is 0.214. The van der Waals surface area contributed by atoms with Gasteiger partial charge in [-0.15, -0.1) is 0 Å². The highest BCUT2D eigenvalue weighted by atomic mass is 16.5. The normalized spacial score (nSPS) is 12.6. The molecule has 0 aromatic heterocycles. The van der Waals surface area contributed by atoms with Crippen LogP contribution in [0.15, 0.2) is 18.2 Å². The van der Waals surface area contributed by atoms with Crippen LogP contribution in [0.3, 0.4) is 0 Å². The second kappa shape index (κ2) is 6.50. The average Bonchev–Trinajstić information content (AvgIpc) is 2.35. The molecule has 1 unspecified atom stereocenters. The number of aliphatic hydroxyl groups excluding tert-OH is 1. The molecule has 1 atom stereocenters. The summed E-state index contributed by atoms with van der Waals surface area (Å²) in [6.07, 6.45) is 0.856. The fourth-order valence-corrected chi connectivity index (χ4v) is 1.82. The van der Waals surface area contributed by atoms with E-state index in [4.69, 9.17) is 9.47 Å². The number of methoxy groups -OCH3 is 2. The molecule has 0 saturated heterocycles. The summed E-state index contributed by atoms with van der Waals surface area (Å²) in [5.41, 5.74) is 1.16. The maximum atomic E-state index is 9.33. The van der Waals surface area contributed by atoms with Gasteiger partial charge in [-0.2, -0.15) is 0 Å². The van der Waals surface area contributed by atoms with Gasteiger partial charge in [-0.25, -0.2) is 0 Å². The molecule has 96 valence electrons. The summed E-state index contributed by atoms with van der Waals surface area (Å²) >= 11 is 0. The Morgan fingerprint density at radius 2 is 1.76 bits per heavy atom. The lowest BCUT2D eigenvalue weighted by Gasteiger charge is -2.18. The smallest absolute Gasteiger partial charge is 0.160 e. The molecule has 17 heavy (non-hydrogen) atoms. The zero-order valence-corrected chi connectivity index (χ0v) is 11.1. The van der Waals surface area contributed by atoms with Crippen molar-refractivity contribution in [2.75, 3.05) is 20.8 Å². The van der Waals surface area contributed by atoms with E-state index in [9.17, 15) is 5.11 Å².